The van der Waals surface area contributed by atoms with E-state index in [1.165, 1.54) is 0 Å². The van der Waals surface area contributed by atoms with Gasteiger partial charge in [-0.2, -0.15) is 0 Å². The molecule has 1 saturated heterocycles. The minimum absolute atomic E-state index is 0. The third kappa shape index (κ3) is 1.15. The largest absolute Gasteiger partial charge is 0.322 e. The Hall–Kier alpha value is -0.730. The molecule has 3 heteroatoms. The molecule has 0 aromatic rings. The number of nitrogens with zero attached hydrogens (tertiary/aromatic N) is 2. The third-order valence-electron chi connectivity index (χ3n) is 1.36. The first-order valence-corrected chi connectivity index (χ1v) is 2.75. The van der Waals surface area contributed by atoms with Crippen LogP contribution in [-0.4, -0.2) is 36.1 Å². The van der Waals surface area contributed by atoms with E-state index in [4.69, 9.17) is 0 Å². The van der Waals surface area contributed by atoms with Crippen LogP contribution in [0.1, 0.15) is 14.4 Å². The van der Waals surface area contributed by atoms with Crippen LogP contribution in [-0.2, 0) is 0 Å². The van der Waals surface area contributed by atoms with Gasteiger partial charge in [0.25, 0.3) is 0 Å². The van der Waals surface area contributed by atoms with Crippen LogP contribution in [0.25, 0.3) is 0 Å². The van der Waals surface area contributed by atoms with Crippen molar-refractivity contribution in [3.63, 3.8) is 0 Å². The molecule has 1 rings (SSSR count). The summed E-state index contributed by atoms with van der Waals surface area (Å²) in [6.45, 7) is 3.61. The van der Waals surface area contributed by atoms with Crippen LogP contribution in [0.15, 0.2) is 0 Å². The fourth-order valence-electron chi connectivity index (χ4n) is 0.776. The Morgan fingerprint density at radius 2 is 2.22 bits per heavy atom. The highest BCUT2D eigenvalue weighted by Crippen LogP contribution is 2.07. The lowest BCUT2D eigenvalue weighted by Gasteiger charge is -2.38. The number of carbonyl (C=O) groups is 1. The van der Waals surface area contributed by atoms with Gasteiger partial charge in [0.2, 0.25) is 0 Å². The second kappa shape index (κ2) is 2.71. The van der Waals surface area contributed by atoms with E-state index >= 15 is 0 Å². The second-order valence-corrected chi connectivity index (χ2v) is 1.98. The second-order valence-electron chi connectivity index (χ2n) is 1.98. The van der Waals surface area contributed by atoms with E-state index in [1.54, 1.807) is 16.8 Å². The van der Waals surface area contributed by atoms with Gasteiger partial charge in [-0.05, 0) is 6.92 Å². The summed E-state index contributed by atoms with van der Waals surface area (Å²) in [4.78, 5) is 14.1. The van der Waals surface area contributed by atoms with Crippen molar-refractivity contribution in [2.45, 2.75) is 14.4 Å². The maximum absolute atomic E-state index is 10.6. The van der Waals surface area contributed by atoms with Crippen LogP contribution < -0.4 is 0 Å². The molecule has 1 aliphatic heterocycles. The van der Waals surface area contributed by atoms with E-state index < -0.39 is 0 Å². The summed E-state index contributed by atoms with van der Waals surface area (Å²) in [5, 5.41) is 0. The molecule has 0 radical (unpaired) electrons. The first-order valence-electron chi connectivity index (χ1n) is 2.75. The van der Waals surface area contributed by atoms with E-state index in [2.05, 4.69) is 0 Å². The van der Waals surface area contributed by atoms with Gasteiger partial charge in [0.05, 0.1) is 6.67 Å². The highest BCUT2D eigenvalue weighted by Gasteiger charge is 2.27. The summed E-state index contributed by atoms with van der Waals surface area (Å²) >= 11 is 0. The van der Waals surface area contributed by atoms with Crippen molar-refractivity contribution in [3.05, 3.63) is 0 Å². The zero-order valence-corrected chi connectivity index (χ0v) is 5.22. The molecule has 1 fully saturated rings. The van der Waals surface area contributed by atoms with Crippen LogP contribution in [0.3, 0.4) is 0 Å². The minimum Gasteiger partial charge on any atom is -0.310 e. The van der Waals surface area contributed by atoms with Crippen molar-refractivity contribution in [2.24, 2.45) is 0 Å². The van der Waals surface area contributed by atoms with Gasteiger partial charge >= 0.3 is 6.03 Å². The van der Waals surface area contributed by atoms with Crippen LogP contribution in [0, 0.1) is 0 Å². The average Bonchev–Trinajstić information content (AvgIpc) is 1.81. The Bertz CT molecular complexity index is 114. The van der Waals surface area contributed by atoms with E-state index in [0.717, 1.165) is 13.2 Å². The number of amides is 2. The molecule has 54 valence electrons. The van der Waals surface area contributed by atoms with Crippen LogP contribution in [0.5, 0.6) is 0 Å². The Kier molecular flexibility index (Phi) is 2.49. The molecule has 2 amide bonds. The van der Waals surface area contributed by atoms with E-state index in [9.17, 15) is 4.79 Å². The Labute approximate surface area is 56.2 Å². The maximum Gasteiger partial charge on any atom is 0.322 e. The summed E-state index contributed by atoms with van der Waals surface area (Å²) in [6, 6.07) is 0.146. The van der Waals surface area contributed by atoms with Gasteiger partial charge < -0.3 is 9.80 Å². The zero-order valence-electron chi connectivity index (χ0n) is 5.22. The van der Waals surface area contributed by atoms with Crippen LogP contribution in [0.4, 0.5) is 4.79 Å². The number of carbonyl (C=O) groups excluding carboxylic acids is 1. The molecule has 0 aromatic heterocycles. The van der Waals surface area contributed by atoms with Gasteiger partial charge in [0.15, 0.2) is 0 Å². The third-order valence-corrected chi connectivity index (χ3v) is 1.36. The normalized spacial score (nSPS) is 16.9. The lowest BCUT2D eigenvalue weighted by Crippen LogP contribution is -2.57. The molecule has 0 saturated carbocycles. The lowest BCUT2D eigenvalue weighted by molar-refractivity contribution is 0.0800. The summed E-state index contributed by atoms with van der Waals surface area (Å²) in [5.41, 5.74) is 0. The molecule has 0 unspecified atom stereocenters. The van der Waals surface area contributed by atoms with Gasteiger partial charge in [0, 0.05) is 13.6 Å². The molecule has 1 heterocycles. The first kappa shape index (κ1) is 8.27. The number of hydrogen-bond acceptors (Lipinski definition) is 1. The summed E-state index contributed by atoms with van der Waals surface area (Å²) in [7, 11) is 1.80. The predicted octanol–water partition coefficient (Wildman–Crippen LogP) is 0.967. The van der Waals surface area contributed by atoms with E-state index in [-0.39, 0.29) is 13.5 Å². The number of hydrogen-bond donors (Lipinski definition) is 0. The summed E-state index contributed by atoms with van der Waals surface area (Å²) in [6.07, 6.45) is 0. The maximum atomic E-state index is 10.6. The van der Waals surface area contributed by atoms with Gasteiger partial charge in [-0.1, -0.05) is 7.43 Å². The molecule has 0 aromatic carbocycles. The highest BCUT2D eigenvalue weighted by molar-refractivity contribution is 5.78. The molecule has 0 aliphatic carbocycles. The van der Waals surface area contributed by atoms with Gasteiger partial charge in [0.1, 0.15) is 0 Å². The number of urea groups is 1. The predicted molar refractivity (Wildman–Crippen MR) is 37.1 cm³/mol. The standard InChI is InChI=1S/C5H10N2O.CH4/c1-3-7-4-6(2)5(7)8;/h3-4H2,1-2H3;1H4. The summed E-state index contributed by atoms with van der Waals surface area (Å²) in [5.74, 6) is 0. The van der Waals surface area contributed by atoms with E-state index in [1.807, 2.05) is 6.92 Å². The quantitative estimate of drug-likeness (QED) is 0.518. The molecular formula is C6H14N2O. The fraction of sp³-hybridized carbons (Fsp3) is 0.833. The van der Waals surface area contributed by atoms with Crippen molar-refractivity contribution < 1.29 is 4.79 Å². The zero-order chi connectivity index (χ0) is 6.15. The summed E-state index contributed by atoms with van der Waals surface area (Å²) < 4.78 is 0. The van der Waals surface area contributed by atoms with Gasteiger partial charge in [-0.15, -0.1) is 0 Å². The van der Waals surface area contributed by atoms with Crippen LogP contribution >= 0.6 is 0 Å². The van der Waals surface area contributed by atoms with Crippen molar-refractivity contribution in [1.82, 2.24) is 9.80 Å². The highest BCUT2D eigenvalue weighted by atomic mass is 16.2. The van der Waals surface area contributed by atoms with Gasteiger partial charge in [-0.25, -0.2) is 4.79 Å². The Morgan fingerprint density at radius 1 is 1.67 bits per heavy atom. The molecule has 1 aliphatic rings. The average molecular weight is 130 g/mol. The first-order chi connectivity index (χ1) is 3.75. The Morgan fingerprint density at radius 3 is 2.33 bits per heavy atom. The van der Waals surface area contributed by atoms with Crippen LogP contribution in [0.2, 0.25) is 0 Å². The smallest absolute Gasteiger partial charge is 0.310 e. The molecule has 0 spiro atoms. The van der Waals surface area contributed by atoms with Crippen molar-refractivity contribution in [3.8, 4) is 0 Å². The van der Waals surface area contributed by atoms with Gasteiger partial charge in [-0.3, -0.25) is 0 Å². The Balaban J connectivity index is 0.000000640. The molecule has 0 bridgehead atoms. The monoisotopic (exact) mass is 130 g/mol. The van der Waals surface area contributed by atoms with Crippen molar-refractivity contribution >= 4 is 6.03 Å². The van der Waals surface area contributed by atoms with Crippen molar-refractivity contribution in [1.29, 1.82) is 0 Å². The molecule has 0 atom stereocenters. The SMILES string of the molecule is C.CCN1CN(C)C1=O. The van der Waals surface area contributed by atoms with Crippen molar-refractivity contribution in [2.75, 3.05) is 20.3 Å². The minimum atomic E-state index is 0. The number of rotatable bonds is 1. The molecule has 3 nitrogen and oxygen atoms in total. The molecule has 9 heavy (non-hydrogen) atoms. The van der Waals surface area contributed by atoms with E-state index in [0.29, 0.717) is 0 Å². The fourth-order valence-corrected chi connectivity index (χ4v) is 0.776. The lowest BCUT2D eigenvalue weighted by atomic mass is 10.5. The molecular weight excluding hydrogens is 116 g/mol. The topological polar surface area (TPSA) is 23.6 Å². The molecule has 0 N–H and O–H groups in total.